The number of hydrogen-bond donors (Lipinski definition) is 2. The number of rotatable bonds is 4. The zero-order valence-electron chi connectivity index (χ0n) is 11.8. The van der Waals surface area contributed by atoms with Crippen molar-refractivity contribution in [2.45, 2.75) is 31.8 Å². The summed E-state index contributed by atoms with van der Waals surface area (Å²) in [5, 5.41) is 2.59. The van der Waals surface area contributed by atoms with Crippen LogP contribution in [0.5, 0.6) is 0 Å². The normalized spacial score (nSPS) is 23.4. The fraction of sp³-hybridized carbons (Fsp3) is 0.429. The van der Waals surface area contributed by atoms with Crippen molar-refractivity contribution in [3.8, 4) is 0 Å². The smallest absolute Gasteiger partial charge is 0.323 e. The van der Waals surface area contributed by atoms with E-state index in [1.165, 1.54) is 6.07 Å². The van der Waals surface area contributed by atoms with Crippen molar-refractivity contribution in [3.05, 3.63) is 35.4 Å². The number of amides is 3. The zero-order chi connectivity index (χ0) is 15.8. The summed E-state index contributed by atoms with van der Waals surface area (Å²) >= 11 is 0. The maximum Gasteiger partial charge on any atom is 0.325 e. The number of imide groups is 1. The van der Waals surface area contributed by atoms with E-state index < -0.39 is 35.2 Å². The highest BCUT2D eigenvalue weighted by molar-refractivity contribution is 6.06. The molecule has 3 amide bonds. The summed E-state index contributed by atoms with van der Waals surface area (Å²) in [6.45, 7) is 3.24. The highest BCUT2D eigenvalue weighted by atomic mass is 19.1. The number of carbonyl (C=O) groups excluding carboxylic acids is 2. The first kappa shape index (κ1) is 15.4. The van der Waals surface area contributed by atoms with Gasteiger partial charge in [-0.25, -0.2) is 13.6 Å². The van der Waals surface area contributed by atoms with E-state index in [4.69, 9.17) is 5.73 Å². The SMILES string of the molecule is CCC1(C)NC(=O)N(CC(N)c2ccc(F)cc2F)C1=O. The van der Waals surface area contributed by atoms with E-state index in [-0.39, 0.29) is 12.1 Å². The fourth-order valence-corrected chi connectivity index (χ4v) is 2.25. The summed E-state index contributed by atoms with van der Waals surface area (Å²) in [5.74, 6) is -1.90. The minimum Gasteiger partial charge on any atom is -0.323 e. The Kier molecular flexibility index (Phi) is 3.95. The third-order valence-corrected chi connectivity index (χ3v) is 3.79. The zero-order valence-corrected chi connectivity index (χ0v) is 11.8. The molecule has 2 rings (SSSR count). The van der Waals surface area contributed by atoms with Crippen LogP contribution in [0.2, 0.25) is 0 Å². The van der Waals surface area contributed by atoms with Gasteiger partial charge in [-0.3, -0.25) is 9.69 Å². The van der Waals surface area contributed by atoms with E-state index in [1.54, 1.807) is 13.8 Å². The predicted octanol–water partition coefficient (Wildman–Crippen LogP) is 1.69. The largest absolute Gasteiger partial charge is 0.325 e. The number of hydrogen-bond acceptors (Lipinski definition) is 3. The molecule has 3 N–H and O–H groups in total. The standard InChI is InChI=1S/C14H17F2N3O2/c1-3-14(2)12(20)19(13(21)18-14)7-11(17)9-5-4-8(15)6-10(9)16/h4-6,11H,3,7,17H2,1-2H3,(H,18,21). The molecule has 0 aliphatic carbocycles. The molecule has 1 fully saturated rings. The molecule has 1 aromatic carbocycles. The van der Waals surface area contributed by atoms with Gasteiger partial charge in [0.15, 0.2) is 0 Å². The molecule has 0 saturated carbocycles. The number of halogens is 2. The van der Waals surface area contributed by atoms with Crippen molar-refractivity contribution in [1.29, 1.82) is 0 Å². The molecule has 1 aromatic rings. The van der Waals surface area contributed by atoms with Crippen LogP contribution in [0.1, 0.15) is 31.9 Å². The minimum absolute atomic E-state index is 0.0575. The highest BCUT2D eigenvalue weighted by Crippen LogP contribution is 2.24. The van der Waals surface area contributed by atoms with Crippen molar-refractivity contribution < 1.29 is 18.4 Å². The van der Waals surface area contributed by atoms with Crippen molar-refractivity contribution >= 4 is 11.9 Å². The van der Waals surface area contributed by atoms with Crippen LogP contribution < -0.4 is 11.1 Å². The second-order valence-corrected chi connectivity index (χ2v) is 5.30. The summed E-state index contributed by atoms with van der Waals surface area (Å²) in [5.41, 5.74) is 4.94. The van der Waals surface area contributed by atoms with Crippen LogP contribution >= 0.6 is 0 Å². The molecule has 1 saturated heterocycles. The average Bonchev–Trinajstić information content (AvgIpc) is 2.63. The van der Waals surface area contributed by atoms with Crippen LogP contribution in [0.4, 0.5) is 13.6 Å². The molecule has 114 valence electrons. The highest BCUT2D eigenvalue weighted by Gasteiger charge is 2.46. The molecule has 0 bridgehead atoms. The Hall–Kier alpha value is -2.02. The van der Waals surface area contributed by atoms with Crippen LogP contribution in [0, 0.1) is 11.6 Å². The Balaban J connectivity index is 2.18. The molecule has 0 spiro atoms. The summed E-state index contributed by atoms with van der Waals surface area (Å²) < 4.78 is 26.5. The van der Waals surface area contributed by atoms with Crippen molar-refractivity contribution in [2.24, 2.45) is 5.73 Å². The number of nitrogens with two attached hydrogens (primary N) is 1. The predicted molar refractivity (Wildman–Crippen MR) is 72.2 cm³/mol. The lowest BCUT2D eigenvalue weighted by molar-refractivity contribution is -0.131. The molecular weight excluding hydrogens is 280 g/mol. The maximum absolute atomic E-state index is 13.7. The van der Waals surface area contributed by atoms with Gasteiger partial charge in [0.25, 0.3) is 5.91 Å². The van der Waals surface area contributed by atoms with Gasteiger partial charge in [0.2, 0.25) is 0 Å². The first-order chi connectivity index (χ1) is 9.78. The van der Waals surface area contributed by atoms with Gasteiger partial charge < -0.3 is 11.1 Å². The maximum atomic E-state index is 13.7. The first-order valence-electron chi connectivity index (χ1n) is 6.63. The van der Waals surface area contributed by atoms with Gasteiger partial charge in [-0.1, -0.05) is 13.0 Å². The number of carbonyl (C=O) groups is 2. The van der Waals surface area contributed by atoms with Crippen LogP contribution in [-0.4, -0.2) is 28.9 Å². The molecule has 0 radical (unpaired) electrons. The topological polar surface area (TPSA) is 75.4 Å². The molecule has 7 heteroatoms. The van der Waals surface area contributed by atoms with E-state index >= 15 is 0 Å². The molecule has 1 heterocycles. The van der Waals surface area contributed by atoms with Gasteiger partial charge in [-0.15, -0.1) is 0 Å². The second kappa shape index (κ2) is 5.40. The number of nitrogens with one attached hydrogen (secondary N) is 1. The Morgan fingerprint density at radius 2 is 2.05 bits per heavy atom. The molecule has 1 aliphatic rings. The van der Waals surface area contributed by atoms with Gasteiger partial charge in [0, 0.05) is 18.2 Å². The van der Waals surface area contributed by atoms with Gasteiger partial charge in [-0.05, 0) is 19.4 Å². The van der Waals surface area contributed by atoms with Crippen LogP contribution in [0.15, 0.2) is 18.2 Å². The lowest BCUT2D eigenvalue weighted by atomic mass is 9.99. The van der Waals surface area contributed by atoms with E-state index in [0.717, 1.165) is 17.0 Å². The fourth-order valence-electron chi connectivity index (χ4n) is 2.25. The lowest BCUT2D eigenvalue weighted by Crippen LogP contribution is -2.43. The molecule has 21 heavy (non-hydrogen) atoms. The molecule has 0 aromatic heterocycles. The monoisotopic (exact) mass is 297 g/mol. The van der Waals surface area contributed by atoms with Crippen LogP contribution in [0.25, 0.3) is 0 Å². The number of nitrogens with zero attached hydrogens (tertiary/aromatic N) is 1. The van der Waals surface area contributed by atoms with Crippen LogP contribution in [-0.2, 0) is 4.79 Å². The summed E-state index contributed by atoms with van der Waals surface area (Å²) in [4.78, 5) is 25.0. The Morgan fingerprint density at radius 3 is 2.57 bits per heavy atom. The van der Waals surface area contributed by atoms with E-state index in [9.17, 15) is 18.4 Å². The van der Waals surface area contributed by atoms with Crippen molar-refractivity contribution in [3.63, 3.8) is 0 Å². The van der Waals surface area contributed by atoms with Gasteiger partial charge in [-0.2, -0.15) is 0 Å². The Labute approximate surface area is 121 Å². The van der Waals surface area contributed by atoms with E-state index in [0.29, 0.717) is 6.42 Å². The average molecular weight is 297 g/mol. The second-order valence-electron chi connectivity index (χ2n) is 5.30. The minimum atomic E-state index is -0.960. The third kappa shape index (κ3) is 2.73. The summed E-state index contributed by atoms with van der Waals surface area (Å²) in [6.07, 6.45) is 0.439. The van der Waals surface area contributed by atoms with E-state index in [2.05, 4.69) is 5.32 Å². The molecule has 2 atom stereocenters. The molecule has 5 nitrogen and oxygen atoms in total. The van der Waals surface area contributed by atoms with Crippen molar-refractivity contribution in [2.75, 3.05) is 6.54 Å². The van der Waals surface area contributed by atoms with Gasteiger partial charge in [0.05, 0.1) is 6.04 Å². The van der Waals surface area contributed by atoms with Gasteiger partial charge in [0.1, 0.15) is 17.2 Å². The number of benzene rings is 1. The summed E-state index contributed by atoms with van der Waals surface area (Å²) in [7, 11) is 0. The lowest BCUT2D eigenvalue weighted by Gasteiger charge is -2.21. The molecular formula is C14H17F2N3O2. The first-order valence-corrected chi connectivity index (χ1v) is 6.63. The Morgan fingerprint density at radius 1 is 1.38 bits per heavy atom. The van der Waals surface area contributed by atoms with Crippen LogP contribution in [0.3, 0.4) is 0 Å². The molecule has 1 aliphatic heterocycles. The van der Waals surface area contributed by atoms with E-state index in [1.807, 2.05) is 0 Å². The van der Waals surface area contributed by atoms with Crippen molar-refractivity contribution in [1.82, 2.24) is 10.2 Å². The van der Waals surface area contributed by atoms with Gasteiger partial charge >= 0.3 is 6.03 Å². The quantitative estimate of drug-likeness (QED) is 0.830. The molecule has 2 unspecified atom stereocenters. The number of urea groups is 1. The Bertz CT molecular complexity index is 594. The third-order valence-electron chi connectivity index (χ3n) is 3.79. The summed E-state index contributed by atoms with van der Waals surface area (Å²) in [6, 6.07) is 1.55.